The molecule has 5 nitrogen and oxygen atoms in total. The van der Waals surface area contributed by atoms with Gasteiger partial charge in [-0.25, -0.2) is 0 Å². The zero-order valence-corrected chi connectivity index (χ0v) is 6.18. The van der Waals surface area contributed by atoms with Crippen molar-refractivity contribution in [3.05, 3.63) is 0 Å². The van der Waals surface area contributed by atoms with Crippen LogP contribution in [-0.2, 0) is 4.79 Å². The Hall–Kier alpha value is -0.650. The standard InChI is InChI=1S/C6H13NO4/c8-2-1-7(5-10)3-6(11)4-9/h5-6,8-9,11H,1-4H2. The Morgan fingerprint density at radius 1 is 1.45 bits per heavy atom. The molecule has 0 aromatic rings. The second kappa shape index (κ2) is 6.09. The molecule has 1 unspecified atom stereocenters. The van der Waals surface area contributed by atoms with Crippen molar-refractivity contribution in [2.24, 2.45) is 0 Å². The van der Waals surface area contributed by atoms with Gasteiger partial charge in [-0.3, -0.25) is 4.79 Å². The minimum absolute atomic E-state index is 0.0561. The van der Waals surface area contributed by atoms with Gasteiger partial charge in [0.2, 0.25) is 6.41 Å². The maximum atomic E-state index is 10.2. The van der Waals surface area contributed by atoms with Crippen molar-refractivity contribution in [1.82, 2.24) is 4.90 Å². The Labute approximate surface area is 64.9 Å². The topological polar surface area (TPSA) is 81.0 Å². The summed E-state index contributed by atoms with van der Waals surface area (Å²) >= 11 is 0. The van der Waals surface area contributed by atoms with E-state index in [1.807, 2.05) is 0 Å². The SMILES string of the molecule is O=CN(CCO)CC(O)CO. The highest BCUT2D eigenvalue weighted by Gasteiger charge is 2.07. The number of aliphatic hydroxyl groups excluding tert-OH is 3. The van der Waals surface area contributed by atoms with Crippen molar-refractivity contribution >= 4 is 6.41 Å². The van der Waals surface area contributed by atoms with Crippen LogP contribution in [0, 0.1) is 0 Å². The molecule has 3 N–H and O–H groups in total. The molecule has 5 heteroatoms. The number of carbonyl (C=O) groups excluding carboxylic acids is 1. The minimum Gasteiger partial charge on any atom is -0.395 e. The number of aliphatic hydroxyl groups is 3. The fourth-order valence-electron chi connectivity index (χ4n) is 0.644. The molecule has 0 saturated heterocycles. The number of nitrogens with zero attached hydrogens (tertiary/aromatic N) is 1. The molecule has 0 aliphatic heterocycles. The van der Waals surface area contributed by atoms with E-state index in [-0.39, 0.29) is 26.3 Å². The van der Waals surface area contributed by atoms with Gasteiger partial charge in [-0.05, 0) is 0 Å². The van der Waals surface area contributed by atoms with E-state index in [0.717, 1.165) is 0 Å². The summed E-state index contributed by atoms with van der Waals surface area (Å²) in [6.07, 6.45) is -0.401. The Bertz CT molecular complexity index is 109. The average Bonchev–Trinajstić information content (AvgIpc) is 2.03. The second-order valence-corrected chi connectivity index (χ2v) is 2.16. The number of hydrogen-bond acceptors (Lipinski definition) is 4. The van der Waals surface area contributed by atoms with Crippen LogP contribution in [0.1, 0.15) is 0 Å². The van der Waals surface area contributed by atoms with Gasteiger partial charge in [-0.1, -0.05) is 0 Å². The lowest BCUT2D eigenvalue weighted by atomic mass is 10.3. The van der Waals surface area contributed by atoms with Crippen LogP contribution in [-0.4, -0.2) is 59.0 Å². The van der Waals surface area contributed by atoms with E-state index in [1.165, 1.54) is 4.90 Å². The molecule has 0 fully saturated rings. The molecule has 0 aromatic carbocycles. The smallest absolute Gasteiger partial charge is 0.209 e. The first-order valence-corrected chi connectivity index (χ1v) is 3.33. The first-order valence-electron chi connectivity index (χ1n) is 3.33. The quantitative estimate of drug-likeness (QED) is 0.388. The zero-order chi connectivity index (χ0) is 8.69. The molecule has 0 aromatic heterocycles. The van der Waals surface area contributed by atoms with Crippen LogP contribution < -0.4 is 0 Å². The van der Waals surface area contributed by atoms with E-state index in [1.54, 1.807) is 0 Å². The summed E-state index contributed by atoms with van der Waals surface area (Å²) in [5.74, 6) is 0. The van der Waals surface area contributed by atoms with Crippen LogP contribution in [0.4, 0.5) is 0 Å². The molecule has 0 bridgehead atoms. The highest BCUT2D eigenvalue weighted by Crippen LogP contribution is 1.87. The van der Waals surface area contributed by atoms with E-state index < -0.39 is 6.10 Å². The van der Waals surface area contributed by atoms with Crippen molar-refractivity contribution in [2.45, 2.75) is 6.10 Å². The fourth-order valence-corrected chi connectivity index (χ4v) is 0.644. The van der Waals surface area contributed by atoms with Crippen LogP contribution in [0.15, 0.2) is 0 Å². The molecule has 0 aliphatic carbocycles. The molecule has 0 heterocycles. The molecule has 0 spiro atoms. The van der Waals surface area contributed by atoms with E-state index in [9.17, 15) is 4.79 Å². The van der Waals surface area contributed by atoms with E-state index in [4.69, 9.17) is 15.3 Å². The summed E-state index contributed by atoms with van der Waals surface area (Å²) in [6, 6.07) is 0. The average molecular weight is 163 g/mol. The third kappa shape index (κ3) is 4.72. The van der Waals surface area contributed by atoms with Gasteiger partial charge >= 0.3 is 0 Å². The van der Waals surface area contributed by atoms with Crippen molar-refractivity contribution in [1.29, 1.82) is 0 Å². The van der Waals surface area contributed by atoms with Crippen molar-refractivity contribution in [2.75, 3.05) is 26.3 Å². The molecule has 0 aliphatic rings. The Morgan fingerprint density at radius 2 is 2.09 bits per heavy atom. The highest BCUT2D eigenvalue weighted by atomic mass is 16.3. The summed E-state index contributed by atoms with van der Waals surface area (Å²) in [7, 11) is 0. The van der Waals surface area contributed by atoms with Gasteiger partial charge in [0, 0.05) is 13.1 Å². The van der Waals surface area contributed by atoms with E-state index >= 15 is 0 Å². The lowest BCUT2D eigenvalue weighted by Crippen LogP contribution is -2.35. The van der Waals surface area contributed by atoms with Gasteiger partial charge in [0.1, 0.15) is 0 Å². The van der Waals surface area contributed by atoms with Crippen LogP contribution in [0.3, 0.4) is 0 Å². The van der Waals surface area contributed by atoms with Crippen LogP contribution in [0.5, 0.6) is 0 Å². The predicted octanol–water partition coefficient (Wildman–Crippen LogP) is -2.21. The first-order chi connectivity index (χ1) is 5.24. The summed E-state index contributed by atoms with van der Waals surface area (Å²) < 4.78 is 0. The van der Waals surface area contributed by atoms with Gasteiger partial charge < -0.3 is 20.2 Å². The molecule has 11 heavy (non-hydrogen) atoms. The Kier molecular flexibility index (Phi) is 5.73. The van der Waals surface area contributed by atoms with Crippen molar-refractivity contribution in [3.8, 4) is 0 Å². The van der Waals surface area contributed by atoms with Gasteiger partial charge in [0.15, 0.2) is 0 Å². The van der Waals surface area contributed by atoms with Crippen LogP contribution >= 0.6 is 0 Å². The molecule has 66 valence electrons. The summed E-state index contributed by atoms with van der Waals surface area (Å²) in [6.45, 7) is -0.284. The third-order valence-corrected chi connectivity index (χ3v) is 1.19. The maximum Gasteiger partial charge on any atom is 0.209 e. The van der Waals surface area contributed by atoms with Crippen molar-refractivity contribution < 1.29 is 20.1 Å². The second-order valence-electron chi connectivity index (χ2n) is 2.16. The van der Waals surface area contributed by atoms with Gasteiger partial charge in [-0.15, -0.1) is 0 Å². The lowest BCUT2D eigenvalue weighted by Gasteiger charge is -2.18. The lowest BCUT2D eigenvalue weighted by molar-refractivity contribution is -0.120. The van der Waals surface area contributed by atoms with Crippen LogP contribution in [0.2, 0.25) is 0 Å². The predicted molar refractivity (Wildman–Crippen MR) is 37.8 cm³/mol. The summed E-state index contributed by atoms with van der Waals surface area (Å²) in [5.41, 5.74) is 0. The molecule has 1 amide bonds. The van der Waals surface area contributed by atoms with E-state index in [2.05, 4.69) is 0 Å². The summed E-state index contributed by atoms with van der Waals surface area (Å²) in [5, 5.41) is 25.7. The molecular weight excluding hydrogens is 150 g/mol. The summed E-state index contributed by atoms with van der Waals surface area (Å²) in [4.78, 5) is 11.4. The molecule has 0 radical (unpaired) electrons. The Balaban J connectivity index is 3.58. The molecule has 0 saturated carbocycles. The van der Waals surface area contributed by atoms with Crippen molar-refractivity contribution in [3.63, 3.8) is 0 Å². The van der Waals surface area contributed by atoms with Gasteiger partial charge in [0.25, 0.3) is 0 Å². The Morgan fingerprint density at radius 3 is 2.45 bits per heavy atom. The minimum atomic E-state index is -0.924. The normalized spacial score (nSPS) is 12.6. The monoisotopic (exact) mass is 163 g/mol. The maximum absolute atomic E-state index is 10.2. The molecule has 0 rings (SSSR count). The van der Waals surface area contributed by atoms with E-state index in [0.29, 0.717) is 6.41 Å². The number of amides is 1. The van der Waals surface area contributed by atoms with Gasteiger partial charge in [0.05, 0.1) is 19.3 Å². The number of rotatable bonds is 6. The number of carbonyl (C=O) groups is 1. The van der Waals surface area contributed by atoms with Gasteiger partial charge in [-0.2, -0.15) is 0 Å². The highest BCUT2D eigenvalue weighted by molar-refractivity contribution is 5.46. The van der Waals surface area contributed by atoms with Crippen LogP contribution in [0.25, 0.3) is 0 Å². The number of hydrogen-bond donors (Lipinski definition) is 3. The molecule has 1 atom stereocenters. The fraction of sp³-hybridized carbons (Fsp3) is 0.833. The largest absolute Gasteiger partial charge is 0.395 e. The zero-order valence-electron chi connectivity index (χ0n) is 6.18. The first kappa shape index (κ1) is 10.3. The third-order valence-electron chi connectivity index (χ3n) is 1.19. The molecular formula is C6H13NO4.